The predicted octanol–water partition coefficient (Wildman–Crippen LogP) is 4.42. The largest absolute Gasteiger partial charge is 0.547 e. The van der Waals surface area contributed by atoms with Crippen molar-refractivity contribution in [3.05, 3.63) is 24.0 Å². The van der Waals surface area contributed by atoms with Gasteiger partial charge in [-0.05, 0) is 36.5 Å². The van der Waals surface area contributed by atoms with E-state index in [1.54, 1.807) is 0 Å². The van der Waals surface area contributed by atoms with E-state index in [0.717, 1.165) is 48.7 Å². The summed E-state index contributed by atoms with van der Waals surface area (Å²) in [7, 11) is -0.218. The summed E-state index contributed by atoms with van der Waals surface area (Å²) in [5.74, 6) is 0.778. The molecule has 0 aromatic heterocycles. The van der Waals surface area contributed by atoms with Crippen molar-refractivity contribution in [1.29, 1.82) is 0 Å². The molecule has 1 aliphatic carbocycles. The van der Waals surface area contributed by atoms with Gasteiger partial charge in [0.25, 0.3) is 0 Å². The van der Waals surface area contributed by atoms with Gasteiger partial charge in [-0.25, -0.2) is 0 Å². The third-order valence-electron chi connectivity index (χ3n) is 4.56. The van der Waals surface area contributed by atoms with Crippen LogP contribution in [0.25, 0.3) is 0 Å². The molecule has 0 aromatic rings. The minimum absolute atomic E-state index is 0.134. The van der Waals surface area contributed by atoms with E-state index in [1.807, 2.05) is 6.08 Å². The molecule has 114 valence electrons. The molecule has 3 nitrogen and oxygen atoms in total. The Kier molecular flexibility index (Phi) is 6.53. The Balaban J connectivity index is 3.02. The number of esters is 1. The van der Waals surface area contributed by atoms with Gasteiger partial charge in [-0.1, -0.05) is 26.8 Å². The van der Waals surface area contributed by atoms with Gasteiger partial charge in [0.15, 0.2) is 0 Å². The SMILES string of the molecule is C=CCC1=C(O[Si](CC)(CC)CC)CC[C@@H]1C(=O)OC. The van der Waals surface area contributed by atoms with Crippen molar-refractivity contribution in [2.45, 2.75) is 58.2 Å². The zero-order valence-corrected chi connectivity index (χ0v) is 14.3. The fraction of sp³-hybridized carbons (Fsp3) is 0.688. The van der Waals surface area contributed by atoms with Crippen LogP contribution in [0.5, 0.6) is 0 Å². The fourth-order valence-corrected chi connectivity index (χ4v) is 5.65. The number of ether oxygens (including phenoxy) is 1. The number of methoxy groups -OCH3 is 1. The lowest BCUT2D eigenvalue weighted by molar-refractivity contribution is -0.144. The van der Waals surface area contributed by atoms with Crippen LogP contribution in [0.2, 0.25) is 18.1 Å². The molecule has 0 saturated carbocycles. The Morgan fingerprint density at radius 3 is 2.40 bits per heavy atom. The summed E-state index contributed by atoms with van der Waals surface area (Å²) in [4.78, 5) is 11.9. The molecule has 1 atom stereocenters. The van der Waals surface area contributed by atoms with Crippen LogP contribution in [-0.4, -0.2) is 21.4 Å². The van der Waals surface area contributed by atoms with E-state index in [-0.39, 0.29) is 11.9 Å². The minimum Gasteiger partial charge on any atom is -0.547 e. The first-order valence-electron chi connectivity index (χ1n) is 7.67. The molecule has 0 amide bonds. The van der Waals surface area contributed by atoms with E-state index in [2.05, 4.69) is 27.4 Å². The molecule has 0 radical (unpaired) electrons. The van der Waals surface area contributed by atoms with Crippen LogP contribution >= 0.6 is 0 Å². The third kappa shape index (κ3) is 3.54. The van der Waals surface area contributed by atoms with Gasteiger partial charge in [-0.3, -0.25) is 4.79 Å². The summed E-state index contributed by atoms with van der Waals surface area (Å²) in [6.07, 6.45) is 4.24. The molecular weight excluding hydrogens is 268 g/mol. The lowest BCUT2D eigenvalue weighted by Crippen LogP contribution is -2.35. The predicted molar refractivity (Wildman–Crippen MR) is 84.9 cm³/mol. The molecule has 20 heavy (non-hydrogen) atoms. The molecule has 0 N–H and O–H groups in total. The number of hydrogen-bond donors (Lipinski definition) is 0. The van der Waals surface area contributed by atoms with E-state index >= 15 is 0 Å². The van der Waals surface area contributed by atoms with Crippen molar-refractivity contribution in [1.82, 2.24) is 0 Å². The van der Waals surface area contributed by atoms with Gasteiger partial charge < -0.3 is 9.16 Å². The second-order valence-electron chi connectivity index (χ2n) is 5.40. The normalized spacial score (nSPS) is 19.1. The van der Waals surface area contributed by atoms with E-state index in [4.69, 9.17) is 9.16 Å². The first kappa shape index (κ1) is 17.0. The molecule has 0 spiro atoms. The fourth-order valence-electron chi connectivity index (χ4n) is 2.96. The van der Waals surface area contributed by atoms with Gasteiger partial charge >= 0.3 is 5.97 Å². The Hall–Kier alpha value is -1.03. The van der Waals surface area contributed by atoms with E-state index in [1.165, 1.54) is 7.11 Å². The zero-order valence-electron chi connectivity index (χ0n) is 13.3. The quantitative estimate of drug-likeness (QED) is 0.378. The summed E-state index contributed by atoms with van der Waals surface area (Å²) in [6.45, 7) is 10.5. The van der Waals surface area contributed by atoms with Gasteiger partial charge in [-0.15, -0.1) is 6.58 Å². The highest BCUT2D eigenvalue weighted by Gasteiger charge is 2.37. The van der Waals surface area contributed by atoms with Gasteiger partial charge in [0.2, 0.25) is 8.32 Å². The van der Waals surface area contributed by atoms with Crippen LogP contribution in [0, 0.1) is 5.92 Å². The first-order valence-corrected chi connectivity index (χ1v) is 10.2. The van der Waals surface area contributed by atoms with Gasteiger partial charge in [0.1, 0.15) is 0 Å². The van der Waals surface area contributed by atoms with Gasteiger partial charge in [0.05, 0.1) is 18.8 Å². The molecule has 1 aliphatic rings. The maximum atomic E-state index is 11.9. The van der Waals surface area contributed by atoms with Crippen molar-refractivity contribution in [3.8, 4) is 0 Å². The zero-order chi connectivity index (χ0) is 15.2. The number of hydrogen-bond acceptors (Lipinski definition) is 3. The van der Waals surface area contributed by atoms with E-state index < -0.39 is 8.32 Å². The maximum absolute atomic E-state index is 11.9. The molecule has 0 aromatic carbocycles. The van der Waals surface area contributed by atoms with Gasteiger partial charge in [-0.2, -0.15) is 0 Å². The Labute approximate surface area is 124 Å². The van der Waals surface area contributed by atoms with E-state index in [9.17, 15) is 4.79 Å². The molecule has 0 heterocycles. The van der Waals surface area contributed by atoms with Crippen molar-refractivity contribution < 1.29 is 14.0 Å². The van der Waals surface area contributed by atoms with Crippen LogP contribution in [-0.2, 0) is 14.0 Å². The third-order valence-corrected chi connectivity index (χ3v) is 9.11. The van der Waals surface area contributed by atoms with Crippen LogP contribution in [0.15, 0.2) is 24.0 Å². The van der Waals surface area contributed by atoms with Crippen LogP contribution in [0.4, 0.5) is 0 Å². The van der Waals surface area contributed by atoms with Crippen LogP contribution < -0.4 is 0 Å². The summed E-state index contributed by atoms with van der Waals surface area (Å²) in [5.41, 5.74) is 1.10. The summed E-state index contributed by atoms with van der Waals surface area (Å²) in [6, 6.07) is 3.36. The number of carbonyl (C=O) groups excluding carboxylic acids is 1. The van der Waals surface area contributed by atoms with Crippen molar-refractivity contribution in [3.63, 3.8) is 0 Å². The molecule has 0 bridgehead atoms. The Morgan fingerprint density at radius 1 is 1.35 bits per heavy atom. The van der Waals surface area contributed by atoms with E-state index in [0.29, 0.717) is 0 Å². The van der Waals surface area contributed by atoms with Gasteiger partial charge in [0, 0.05) is 6.42 Å². The highest BCUT2D eigenvalue weighted by Crippen LogP contribution is 2.39. The first-order chi connectivity index (χ1) is 9.57. The van der Waals surface area contributed by atoms with Crippen molar-refractivity contribution >= 4 is 14.3 Å². The Bertz CT molecular complexity index is 375. The number of carbonyl (C=O) groups is 1. The average molecular weight is 296 g/mol. The van der Waals surface area contributed by atoms with Crippen LogP contribution in [0.1, 0.15) is 40.0 Å². The second-order valence-corrected chi connectivity index (χ2v) is 10.1. The van der Waals surface area contributed by atoms with Crippen molar-refractivity contribution in [2.24, 2.45) is 5.92 Å². The summed E-state index contributed by atoms with van der Waals surface area (Å²) >= 11 is 0. The molecule has 0 saturated heterocycles. The lowest BCUT2D eigenvalue weighted by atomic mass is 9.99. The molecule has 1 rings (SSSR count). The Morgan fingerprint density at radius 2 is 1.95 bits per heavy atom. The monoisotopic (exact) mass is 296 g/mol. The number of allylic oxidation sites excluding steroid dienone is 2. The molecule has 4 heteroatoms. The molecular formula is C16H28O3Si. The maximum Gasteiger partial charge on any atom is 0.312 e. The molecule has 0 aliphatic heterocycles. The second kappa shape index (κ2) is 7.67. The van der Waals surface area contributed by atoms with Crippen LogP contribution in [0.3, 0.4) is 0 Å². The molecule has 0 fully saturated rings. The minimum atomic E-state index is -1.67. The van der Waals surface area contributed by atoms with Crippen molar-refractivity contribution in [2.75, 3.05) is 7.11 Å². The average Bonchev–Trinajstić information content (AvgIpc) is 2.87. The standard InChI is InChI=1S/C16H28O3Si/c1-6-10-13-14(16(17)18-5)11-12-15(13)19-20(7-2,8-3)9-4/h6,14H,1,7-12H2,2-5H3/t14-/m0/s1. The smallest absolute Gasteiger partial charge is 0.312 e. The number of rotatable bonds is 8. The summed E-state index contributed by atoms with van der Waals surface area (Å²) < 4.78 is 11.4. The highest BCUT2D eigenvalue weighted by atomic mass is 28.4. The highest BCUT2D eigenvalue weighted by molar-refractivity contribution is 6.73. The molecule has 0 unspecified atom stereocenters. The topological polar surface area (TPSA) is 35.5 Å². The summed E-state index contributed by atoms with van der Waals surface area (Å²) in [5, 5.41) is 0. The lowest BCUT2D eigenvalue weighted by Gasteiger charge is -2.30.